The molecular weight excluding hydrogens is 322 g/mol. The van der Waals surface area contributed by atoms with Crippen molar-refractivity contribution in [2.24, 2.45) is 5.10 Å². The summed E-state index contributed by atoms with van der Waals surface area (Å²) in [6.45, 7) is 3.51. The lowest BCUT2D eigenvalue weighted by Gasteiger charge is -2.37. The van der Waals surface area contributed by atoms with Crippen LogP contribution in [0.4, 0.5) is 4.39 Å². The fourth-order valence-electron chi connectivity index (χ4n) is 1.08. The Balaban J connectivity index is 2.90. The fraction of sp³-hybridized carbons (Fsp3) is 0.857. The molecule has 1 rings (SSSR count). The van der Waals surface area contributed by atoms with Crippen LogP contribution in [0.25, 0.3) is 0 Å². The van der Waals surface area contributed by atoms with Crippen LogP contribution in [0.3, 0.4) is 0 Å². The molecule has 0 fully saturated rings. The van der Waals surface area contributed by atoms with E-state index in [0.717, 1.165) is 16.2 Å². The van der Waals surface area contributed by atoms with Gasteiger partial charge in [0.2, 0.25) is 8.25 Å². The van der Waals surface area contributed by atoms with Crippen LogP contribution in [0.5, 0.6) is 0 Å². The molecular formula is C7H9Cl5FN3. The molecule has 1 aliphatic heterocycles. The number of rotatable bonds is 2. The molecule has 0 bridgehead atoms. The number of alkyl halides is 6. The van der Waals surface area contributed by atoms with Gasteiger partial charge in [-0.2, -0.15) is 9.49 Å². The highest BCUT2D eigenvalue weighted by molar-refractivity contribution is 6.75. The zero-order valence-electron chi connectivity index (χ0n) is 8.34. The van der Waals surface area contributed by atoms with Crippen LogP contribution >= 0.6 is 58.0 Å². The summed E-state index contributed by atoms with van der Waals surface area (Å²) in [5.41, 5.74) is 0. The Morgan fingerprint density at radius 2 is 1.75 bits per heavy atom. The first-order chi connectivity index (χ1) is 7.09. The van der Waals surface area contributed by atoms with E-state index in [1.165, 1.54) is 0 Å². The van der Waals surface area contributed by atoms with Gasteiger partial charge in [-0.05, 0) is 13.8 Å². The topological polar surface area (TPSA) is 18.8 Å². The second kappa shape index (κ2) is 4.73. The Kier molecular flexibility index (Phi) is 4.35. The van der Waals surface area contributed by atoms with Gasteiger partial charge in [-0.1, -0.05) is 58.0 Å². The van der Waals surface area contributed by atoms with Crippen LogP contribution in [-0.4, -0.2) is 37.0 Å². The van der Waals surface area contributed by atoms with Gasteiger partial charge in [0, 0.05) is 6.04 Å². The maximum atomic E-state index is 13.9. The van der Waals surface area contributed by atoms with Crippen LogP contribution in [0, 0.1) is 0 Å². The van der Waals surface area contributed by atoms with Crippen molar-refractivity contribution >= 4 is 64.3 Å². The van der Waals surface area contributed by atoms with E-state index in [4.69, 9.17) is 58.0 Å². The van der Waals surface area contributed by atoms with Crippen molar-refractivity contribution in [3.8, 4) is 0 Å². The zero-order chi connectivity index (χ0) is 12.7. The summed E-state index contributed by atoms with van der Waals surface area (Å²) in [7, 11) is 0. The minimum atomic E-state index is -2.07. The molecule has 0 N–H and O–H groups in total. The van der Waals surface area contributed by atoms with Gasteiger partial charge in [0.1, 0.15) is 6.34 Å². The minimum absolute atomic E-state index is 0.171. The van der Waals surface area contributed by atoms with Gasteiger partial charge in [-0.25, -0.2) is 5.01 Å². The van der Waals surface area contributed by atoms with Gasteiger partial charge in [-0.3, -0.25) is 4.90 Å². The molecule has 0 aliphatic carbocycles. The monoisotopic (exact) mass is 329 g/mol. The molecule has 1 aliphatic rings. The molecule has 9 heteroatoms. The third-order valence-electron chi connectivity index (χ3n) is 1.95. The van der Waals surface area contributed by atoms with Gasteiger partial charge in [0.25, 0.3) is 6.42 Å². The Bertz CT molecular complexity index is 290. The van der Waals surface area contributed by atoms with Crippen LogP contribution in [0.2, 0.25) is 0 Å². The second-order valence-corrected chi connectivity index (χ2v) is 7.03. The van der Waals surface area contributed by atoms with Gasteiger partial charge in [-0.15, -0.1) is 0 Å². The molecule has 1 heterocycles. The van der Waals surface area contributed by atoms with Crippen molar-refractivity contribution in [1.82, 2.24) is 9.91 Å². The quantitative estimate of drug-likeness (QED) is 0.567. The number of hydrogen-bond donors (Lipinski definition) is 0. The third kappa shape index (κ3) is 2.56. The first-order valence-corrected chi connectivity index (χ1v) is 6.17. The molecule has 1 atom stereocenters. The second-order valence-electron chi connectivity index (χ2n) is 3.46. The van der Waals surface area contributed by atoms with E-state index in [1.54, 1.807) is 13.8 Å². The molecule has 0 aromatic heterocycles. The van der Waals surface area contributed by atoms with E-state index in [2.05, 4.69) is 5.10 Å². The average molecular weight is 331 g/mol. The van der Waals surface area contributed by atoms with Crippen molar-refractivity contribution in [2.45, 2.75) is 34.6 Å². The first kappa shape index (κ1) is 14.7. The highest BCUT2D eigenvalue weighted by Gasteiger charge is 2.55. The lowest BCUT2D eigenvalue weighted by molar-refractivity contribution is -0.0158. The van der Waals surface area contributed by atoms with Gasteiger partial charge in [0.05, 0.1) is 0 Å². The molecule has 16 heavy (non-hydrogen) atoms. The molecule has 0 aromatic rings. The van der Waals surface area contributed by atoms with Crippen molar-refractivity contribution in [3.05, 3.63) is 0 Å². The number of hydrazone groups is 1. The molecule has 0 aromatic carbocycles. The number of nitrogens with zero attached hydrogens (tertiary/aromatic N) is 3. The third-order valence-corrected chi connectivity index (χ3v) is 4.31. The molecule has 3 nitrogen and oxygen atoms in total. The molecule has 0 radical (unpaired) electrons. The zero-order valence-corrected chi connectivity index (χ0v) is 12.1. The molecule has 0 spiro atoms. The summed E-state index contributed by atoms with van der Waals surface area (Å²) >= 11 is 28.4. The SMILES string of the molecule is CC(C)N1N=CN(C(Cl)(Cl)C(Cl)(Cl)Cl)C1F. The minimum Gasteiger partial charge on any atom is -0.277 e. The van der Waals surface area contributed by atoms with E-state index in [-0.39, 0.29) is 6.04 Å². The van der Waals surface area contributed by atoms with Crippen molar-refractivity contribution in [1.29, 1.82) is 0 Å². The van der Waals surface area contributed by atoms with E-state index < -0.39 is 14.7 Å². The van der Waals surface area contributed by atoms with E-state index >= 15 is 0 Å². The largest absolute Gasteiger partial charge is 0.277 e. The maximum absolute atomic E-state index is 13.9. The summed E-state index contributed by atoms with van der Waals surface area (Å²) in [5, 5.41) is 4.94. The van der Waals surface area contributed by atoms with Crippen LogP contribution in [0.15, 0.2) is 5.10 Å². The molecule has 0 saturated heterocycles. The van der Waals surface area contributed by atoms with Crippen molar-refractivity contribution in [2.75, 3.05) is 0 Å². The highest BCUT2D eigenvalue weighted by Crippen LogP contribution is 2.49. The molecule has 94 valence electrons. The maximum Gasteiger partial charge on any atom is 0.267 e. The van der Waals surface area contributed by atoms with Gasteiger partial charge < -0.3 is 0 Å². The summed E-state index contributed by atoms with van der Waals surface area (Å²) in [5.74, 6) is 0. The van der Waals surface area contributed by atoms with Gasteiger partial charge >= 0.3 is 0 Å². The summed E-state index contributed by atoms with van der Waals surface area (Å²) in [4.78, 5) is 0.836. The Hall–Kier alpha value is 0.650. The van der Waals surface area contributed by atoms with E-state index in [0.29, 0.717) is 0 Å². The van der Waals surface area contributed by atoms with Crippen molar-refractivity contribution < 1.29 is 4.39 Å². The standard InChI is InChI=1S/C7H9Cl5FN3/c1-4(2)16-5(13)15(3-14-16)7(11,12)6(8,9)10/h3-5H,1-2H3. The summed E-state index contributed by atoms with van der Waals surface area (Å²) < 4.78 is 9.80. The van der Waals surface area contributed by atoms with E-state index in [1.807, 2.05) is 0 Å². The van der Waals surface area contributed by atoms with Crippen LogP contribution < -0.4 is 0 Å². The number of halogens is 6. The van der Waals surface area contributed by atoms with Crippen LogP contribution in [0.1, 0.15) is 13.8 Å². The van der Waals surface area contributed by atoms with E-state index in [9.17, 15) is 4.39 Å². The Morgan fingerprint density at radius 3 is 2.06 bits per heavy atom. The molecule has 0 amide bonds. The highest BCUT2D eigenvalue weighted by atomic mass is 35.6. The van der Waals surface area contributed by atoms with Crippen molar-refractivity contribution in [3.63, 3.8) is 0 Å². The first-order valence-electron chi connectivity index (χ1n) is 4.28. The predicted octanol–water partition coefficient (Wildman–Crippen LogP) is 3.71. The Morgan fingerprint density at radius 1 is 1.25 bits per heavy atom. The normalized spacial score (nSPS) is 22.4. The van der Waals surface area contributed by atoms with Crippen LogP contribution in [-0.2, 0) is 0 Å². The summed E-state index contributed by atoms with van der Waals surface area (Å²) in [6.07, 6.45) is -0.572. The predicted molar refractivity (Wildman–Crippen MR) is 66.9 cm³/mol. The summed E-state index contributed by atoms with van der Waals surface area (Å²) in [6, 6.07) is -0.171. The fourth-order valence-corrected chi connectivity index (χ4v) is 1.63. The lowest BCUT2D eigenvalue weighted by Crippen LogP contribution is -2.53. The number of hydrogen-bond acceptors (Lipinski definition) is 3. The average Bonchev–Trinajstić information content (AvgIpc) is 2.44. The smallest absolute Gasteiger partial charge is 0.267 e. The molecule has 0 saturated carbocycles. The lowest BCUT2D eigenvalue weighted by atomic mass is 10.4. The van der Waals surface area contributed by atoms with Gasteiger partial charge in [0.15, 0.2) is 0 Å². The Labute approximate surface area is 118 Å². The molecule has 1 unspecified atom stereocenters.